The number of carbonyl (C=O) groups excluding carboxylic acids is 1. The third kappa shape index (κ3) is 4.33. The number of anilines is 1. The summed E-state index contributed by atoms with van der Waals surface area (Å²) in [5.41, 5.74) is 6.88. The van der Waals surface area contributed by atoms with Crippen molar-refractivity contribution < 1.29 is 4.79 Å². The third-order valence-corrected chi connectivity index (χ3v) is 5.17. The maximum Gasteiger partial charge on any atom is 0.230 e. The van der Waals surface area contributed by atoms with Gasteiger partial charge < -0.3 is 5.32 Å². The van der Waals surface area contributed by atoms with Crippen LogP contribution in [0.5, 0.6) is 0 Å². The maximum atomic E-state index is 12.6. The number of hydrogen-bond acceptors (Lipinski definition) is 3. The number of fused-ring (bicyclic) bond motifs is 1. The molecule has 0 aliphatic carbocycles. The Balaban J connectivity index is 1.49. The summed E-state index contributed by atoms with van der Waals surface area (Å²) in [6.07, 6.45) is 3.78. The summed E-state index contributed by atoms with van der Waals surface area (Å²) in [6.45, 7) is 0. The molecule has 3 aromatic carbocycles. The van der Waals surface area contributed by atoms with Crippen LogP contribution in [0.2, 0.25) is 0 Å². The van der Waals surface area contributed by atoms with Gasteiger partial charge in [0.15, 0.2) is 0 Å². The van der Waals surface area contributed by atoms with Gasteiger partial charge in [0.25, 0.3) is 0 Å². The molecule has 0 spiro atoms. The van der Waals surface area contributed by atoms with Crippen molar-refractivity contribution >= 4 is 23.0 Å². The summed E-state index contributed by atoms with van der Waals surface area (Å²) in [5, 5.41) is 2.98. The fourth-order valence-corrected chi connectivity index (χ4v) is 3.59. The van der Waals surface area contributed by atoms with Gasteiger partial charge >= 0.3 is 0 Å². The minimum absolute atomic E-state index is 0.0950. The Labute approximate surface area is 186 Å². The van der Waals surface area contributed by atoms with Crippen LogP contribution in [-0.4, -0.2) is 16.6 Å². The molecule has 0 atom stereocenters. The molecule has 0 unspecified atom stereocenters. The Morgan fingerprint density at radius 3 is 2.41 bits per heavy atom. The van der Waals surface area contributed by atoms with Crippen molar-refractivity contribution in [3.05, 3.63) is 114 Å². The van der Waals surface area contributed by atoms with Crippen LogP contribution < -0.4 is 5.32 Å². The zero-order chi connectivity index (χ0) is 21.8. The van der Waals surface area contributed by atoms with Crippen LogP contribution in [0.3, 0.4) is 0 Å². The zero-order valence-electron chi connectivity index (χ0n) is 17.2. The molecule has 152 valence electrons. The zero-order valence-corrected chi connectivity index (χ0v) is 17.2. The van der Waals surface area contributed by atoms with Gasteiger partial charge in [-0.3, -0.25) is 14.8 Å². The molecule has 1 N–H and O–H groups in total. The first-order chi connectivity index (χ1) is 15.7. The number of amides is 1. The second kappa shape index (κ2) is 8.71. The lowest BCUT2D eigenvalue weighted by Gasteiger charge is -2.07. The number of nitrogens with zero attached hydrogens (tertiary/aromatic N) is 2. The van der Waals surface area contributed by atoms with Gasteiger partial charge in [-0.15, -0.1) is 0 Å². The van der Waals surface area contributed by atoms with Crippen molar-refractivity contribution in [2.45, 2.75) is 6.42 Å². The summed E-state index contributed by atoms with van der Waals surface area (Å²) in [4.78, 5) is 21.7. The average Bonchev–Trinajstić information content (AvgIpc) is 3.01. The quantitative estimate of drug-likeness (QED) is 0.434. The summed E-state index contributed by atoms with van der Waals surface area (Å²) in [5.74, 6) is 6.21. The van der Waals surface area contributed by atoms with E-state index in [0.717, 1.165) is 39.2 Å². The first-order valence-corrected chi connectivity index (χ1v) is 10.3. The van der Waals surface area contributed by atoms with E-state index in [0.29, 0.717) is 5.69 Å². The van der Waals surface area contributed by atoms with Gasteiger partial charge in [-0.2, -0.15) is 0 Å². The van der Waals surface area contributed by atoms with Gasteiger partial charge in [0, 0.05) is 29.1 Å². The Hall–Kier alpha value is -4.49. The van der Waals surface area contributed by atoms with Crippen molar-refractivity contribution in [2.24, 2.45) is 4.99 Å². The molecular weight excluding hydrogens is 394 g/mol. The average molecular weight is 413 g/mol. The highest BCUT2D eigenvalue weighted by Gasteiger charge is 2.18. The number of benzene rings is 3. The lowest BCUT2D eigenvalue weighted by molar-refractivity contribution is -0.115. The predicted octanol–water partition coefficient (Wildman–Crippen LogP) is 5.61. The predicted molar refractivity (Wildman–Crippen MR) is 128 cm³/mol. The Morgan fingerprint density at radius 1 is 0.750 bits per heavy atom. The number of carbonyl (C=O) groups is 1. The number of aliphatic imine (C=N–C) groups is 1. The summed E-state index contributed by atoms with van der Waals surface area (Å²) >= 11 is 0. The van der Waals surface area contributed by atoms with Crippen molar-refractivity contribution in [1.82, 2.24) is 4.98 Å². The standard InChI is InChI=1S/C28H19N3O/c32-28-18-26(23-9-4-8-22(17-23)24-10-5-15-29-19-24)30-25-14-13-21(16-27(25)31-28)12-11-20-6-2-1-3-7-20/h1-10,13-17,19H,18H2,(H,31,32). The molecule has 32 heavy (non-hydrogen) atoms. The molecule has 0 fully saturated rings. The number of nitrogens with one attached hydrogen (secondary N) is 1. The molecule has 5 rings (SSSR count). The minimum atomic E-state index is -0.0950. The van der Waals surface area contributed by atoms with Crippen LogP contribution in [0, 0.1) is 11.8 Å². The van der Waals surface area contributed by atoms with Gasteiger partial charge in [-0.05, 0) is 53.6 Å². The highest BCUT2D eigenvalue weighted by Crippen LogP contribution is 2.31. The van der Waals surface area contributed by atoms with Gasteiger partial charge in [-0.25, -0.2) is 0 Å². The second-order valence-electron chi connectivity index (χ2n) is 7.45. The lowest BCUT2D eigenvalue weighted by atomic mass is 10.0. The Kier molecular flexibility index (Phi) is 5.30. The molecule has 4 nitrogen and oxygen atoms in total. The summed E-state index contributed by atoms with van der Waals surface area (Å²) in [6, 6.07) is 27.5. The molecule has 4 heteroatoms. The van der Waals surface area contributed by atoms with E-state index < -0.39 is 0 Å². The molecule has 0 radical (unpaired) electrons. The van der Waals surface area contributed by atoms with Gasteiger partial charge in [-0.1, -0.05) is 54.3 Å². The maximum absolute atomic E-state index is 12.6. The number of aromatic nitrogens is 1. The van der Waals surface area contributed by atoms with Crippen molar-refractivity contribution in [3.63, 3.8) is 0 Å². The van der Waals surface area contributed by atoms with Gasteiger partial charge in [0.1, 0.15) is 0 Å². The van der Waals surface area contributed by atoms with E-state index >= 15 is 0 Å². The highest BCUT2D eigenvalue weighted by molar-refractivity contribution is 6.17. The van der Waals surface area contributed by atoms with E-state index in [-0.39, 0.29) is 12.3 Å². The molecule has 2 heterocycles. The number of pyridine rings is 1. The molecule has 1 amide bonds. The number of hydrogen-bond donors (Lipinski definition) is 1. The fourth-order valence-electron chi connectivity index (χ4n) is 3.59. The molecular formula is C28H19N3O. The van der Waals surface area contributed by atoms with Crippen LogP contribution >= 0.6 is 0 Å². The van der Waals surface area contributed by atoms with E-state index in [1.807, 2.05) is 91.1 Å². The summed E-state index contributed by atoms with van der Waals surface area (Å²) < 4.78 is 0. The van der Waals surface area contributed by atoms with Crippen LogP contribution in [0.15, 0.2) is 102 Å². The SMILES string of the molecule is O=C1CC(c2cccc(-c3cccnc3)c2)=Nc2ccc(C#Cc3ccccc3)cc2N1. The van der Waals surface area contributed by atoms with Gasteiger partial charge in [0.05, 0.1) is 23.5 Å². The molecule has 0 bridgehead atoms. The molecule has 4 aromatic rings. The first kappa shape index (κ1) is 19.5. The normalized spacial score (nSPS) is 12.5. The van der Waals surface area contributed by atoms with Crippen molar-refractivity contribution in [3.8, 4) is 23.0 Å². The second-order valence-corrected chi connectivity index (χ2v) is 7.45. The van der Waals surface area contributed by atoms with Crippen LogP contribution in [0.4, 0.5) is 11.4 Å². The topological polar surface area (TPSA) is 54.4 Å². The Morgan fingerprint density at radius 2 is 1.56 bits per heavy atom. The third-order valence-electron chi connectivity index (χ3n) is 5.17. The largest absolute Gasteiger partial charge is 0.324 e. The van der Waals surface area contributed by atoms with Crippen LogP contribution in [-0.2, 0) is 4.79 Å². The van der Waals surface area contributed by atoms with E-state index in [4.69, 9.17) is 4.99 Å². The van der Waals surface area contributed by atoms with Crippen molar-refractivity contribution in [2.75, 3.05) is 5.32 Å². The monoisotopic (exact) mass is 413 g/mol. The van der Waals surface area contributed by atoms with E-state index in [1.54, 1.807) is 6.20 Å². The van der Waals surface area contributed by atoms with Crippen molar-refractivity contribution in [1.29, 1.82) is 0 Å². The van der Waals surface area contributed by atoms with Gasteiger partial charge in [0.2, 0.25) is 5.91 Å². The number of rotatable bonds is 2. The highest BCUT2D eigenvalue weighted by atomic mass is 16.1. The molecule has 0 saturated carbocycles. The van der Waals surface area contributed by atoms with E-state index in [1.165, 1.54) is 0 Å². The summed E-state index contributed by atoms with van der Waals surface area (Å²) in [7, 11) is 0. The van der Waals surface area contributed by atoms with E-state index in [9.17, 15) is 4.79 Å². The molecule has 1 aliphatic rings. The van der Waals surface area contributed by atoms with Crippen LogP contribution in [0.25, 0.3) is 11.1 Å². The fraction of sp³-hybridized carbons (Fsp3) is 0.0357. The minimum Gasteiger partial charge on any atom is -0.324 e. The van der Waals surface area contributed by atoms with Crippen LogP contribution in [0.1, 0.15) is 23.1 Å². The van der Waals surface area contributed by atoms with E-state index in [2.05, 4.69) is 22.1 Å². The smallest absolute Gasteiger partial charge is 0.230 e. The molecule has 0 saturated heterocycles. The molecule has 1 aromatic heterocycles. The lowest BCUT2D eigenvalue weighted by Crippen LogP contribution is -2.15. The molecule has 1 aliphatic heterocycles. The Bertz CT molecular complexity index is 1380. The first-order valence-electron chi connectivity index (χ1n) is 10.3.